The maximum atomic E-state index is 13.2. The molecule has 0 spiro atoms. The third kappa shape index (κ3) is 6.07. The molecule has 36 heavy (non-hydrogen) atoms. The molecule has 1 aliphatic heterocycles. The molecule has 1 N–H and O–H groups in total. The highest BCUT2D eigenvalue weighted by molar-refractivity contribution is 7.92. The van der Waals surface area contributed by atoms with E-state index in [9.17, 15) is 22.4 Å². The summed E-state index contributed by atoms with van der Waals surface area (Å²) in [6.45, 7) is 1.92. The van der Waals surface area contributed by atoms with E-state index in [4.69, 9.17) is 4.74 Å². The van der Waals surface area contributed by atoms with Crippen LogP contribution in [0.4, 0.5) is 15.8 Å². The third-order valence-corrected chi connectivity index (χ3v) is 6.90. The molecule has 1 fully saturated rings. The molecule has 3 aromatic carbocycles. The average Bonchev–Trinajstić information content (AvgIpc) is 2.88. The molecule has 0 aromatic heterocycles. The predicted octanol–water partition coefficient (Wildman–Crippen LogP) is 3.52. The number of ether oxygens (including phenoxy) is 1. The SMILES string of the molecule is CS(=O)(=O)N(Cc1ccc(F)cc1)c1ccc(C(=O)Nc2ccccc2C(=O)N2CCOCC2)cc1. The van der Waals surface area contributed by atoms with Gasteiger partial charge in [0.25, 0.3) is 11.8 Å². The summed E-state index contributed by atoms with van der Waals surface area (Å²) in [4.78, 5) is 27.6. The number of halogens is 1. The van der Waals surface area contributed by atoms with Crippen molar-refractivity contribution in [1.82, 2.24) is 4.90 Å². The van der Waals surface area contributed by atoms with Crippen LogP contribution in [0.5, 0.6) is 0 Å². The van der Waals surface area contributed by atoms with Gasteiger partial charge in [-0.15, -0.1) is 0 Å². The number of sulfonamides is 1. The molecule has 0 unspecified atom stereocenters. The van der Waals surface area contributed by atoms with Gasteiger partial charge >= 0.3 is 0 Å². The van der Waals surface area contributed by atoms with Gasteiger partial charge in [0, 0.05) is 18.7 Å². The molecule has 3 aromatic rings. The van der Waals surface area contributed by atoms with Crippen LogP contribution in [0.25, 0.3) is 0 Å². The van der Waals surface area contributed by atoms with E-state index in [0.29, 0.717) is 54.4 Å². The summed E-state index contributed by atoms with van der Waals surface area (Å²) < 4.78 is 44.6. The van der Waals surface area contributed by atoms with E-state index in [1.807, 2.05) is 0 Å². The number of nitrogens with zero attached hydrogens (tertiary/aromatic N) is 2. The van der Waals surface area contributed by atoms with E-state index in [1.54, 1.807) is 29.2 Å². The number of hydrogen-bond acceptors (Lipinski definition) is 5. The van der Waals surface area contributed by atoms with Crippen LogP contribution in [-0.4, -0.2) is 57.7 Å². The Morgan fingerprint density at radius 1 is 0.972 bits per heavy atom. The number of carbonyl (C=O) groups is 2. The topological polar surface area (TPSA) is 96.0 Å². The number of benzene rings is 3. The van der Waals surface area contributed by atoms with Gasteiger partial charge in [-0.2, -0.15) is 0 Å². The maximum Gasteiger partial charge on any atom is 0.256 e. The minimum absolute atomic E-state index is 0.0156. The van der Waals surface area contributed by atoms with E-state index in [-0.39, 0.29) is 12.5 Å². The molecular weight excluding hydrogens is 485 g/mol. The first kappa shape index (κ1) is 25.3. The molecule has 10 heteroatoms. The van der Waals surface area contributed by atoms with Crippen molar-refractivity contribution < 1.29 is 27.1 Å². The van der Waals surface area contributed by atoms with Gasteiger partial charge in [-0.1, -0.05) is 24.3 Å². The van der Waals surface area contributed by atoms with Crippen molar-refractivity contribution in [2.45, 2.75) is 6.54 Å². The zero-order valence-corrected chi connectivity index (χ0v) is 20.5. The molecule has 2 amide bonds. The summed E-state index contributed by atoms with van der Waals surface area (Å²) in [7, 11) is -3.65. The standard InChI is InChI=1S/C26H26FN3O5S/c1-36(33,34)30(18-19-6-10-21(27)11-7-19)22-12-8-20(9-13-22)25(31)28-24-5-3-2-4-23(24)26(32)29-14-16-35-17-15-29/h2-13H,14-18H2,1H3,(H,28,31). The lowest BCUT2D eigenvalue weighted by Gasteiger charge is -2.27. The molecular formula is C26H26FN3O5S. The molecule has 0 saturated carbocycles. The van der Waals surface area contributed by atoms with Crippen molar-refractivity contribution >= 4 is 33.2 Å². The summed E-state index contributed by atoms with van der Waals surface area (Å²) in [5, 5.41) is 2.79. The van der Waals surface area contributed by atoms with Crippen LogP contribution in [0.2, 0.25) is 0 Å². The third-order valence-electron chi connectivity index (χ3n) is 5.76. The van der Waals surface area contributed by atoms with Crippen molar-refractivity contribution in [3.63, 3.8) is 0 Å². The Morgan fingerprint density at radius 2 is 1.61 bits per heavy atom. The van der Waals surface area contributed by atoms with E-state index in [1.165, 1.54) is 52.8 Å². The average molecular weight is 512 g/mol. The fourth-order valence-electron chi connectivity index (χ4n) is 3.84. The first-order valence-electron chi connectivity index (χ1n) is 11.3. The maximum absolute atomic E-state index is 13.2. The van der Waals surface area contributed by atoms with Gasteiger partial charge in [0.15, 0.2) is 0 Å². The van der Waals surface area contributed by atoms with Crippen LogP contribution < -0.4 is 9.62 Å². The number of morpholine rings is 1. The fourth-order valence-corrected chi connectivity index (χ4v) is 4.73. The van der Waals surface area contributed by atoms with E-state index in [0.717, 1.165) is 6.26 Å². The predicted molar refractivity (Wildman–Crippen MR) is 135 cm³/mol. The fraction of sp³-hybridized carbons (Fsp3) is 0.231. The second kappa shape index (κ2) is 10.9. The number of rotatable bonds is 7. The first-order chi connectivity index (χ1) is 17.2. The van der Waals surface area contributed by atoms with E-state index in [2.05, 4.69) is 5.32 Å². The second-order valence-corrected chi connectivity index (χ2v) is 10.3. The molecule has 0 bridgehead atoms. The van der Waals surface area contributed by atoms with E-state index < -0.39 is 21.7 Å². The first-order valence-corrected chi connectivity index (χ1v) is 13.2. The smallest absolute Gasteiger partial charge is 0.256 e. The van der Waals surface area contributed by atoms with Crippen LogP contribution in [0.1, 0.15) is 26.3 Å². The van der Waals surface area contributed by atoms with Gasteiger partial charge in [0.2, 0.25) is 10.0 Å². The Hall–Kier alpha value is -3.76. The molecule has 0 aliphatic carbocycles. The lowest BCUT2D eigenvalue weighted by molar-refractivity contribution is 0.0303. The lowest BCUT2D eigenvalue weighted by Crippen LogP contribution is -2.41. The van der Waals surface area contributed by atoms with Crippen molar-refractivity contribution in [2.24, 2.45) is 0 Å². The Morgan fingerprint density at radius 3 is 2.25 bits per heavy atom. The second-order valence-electron chi connectivity index (χ2n) is 8.35. The number of carbonyl (C=O) groups excluding carboxylic acids is 2. The van der Waals surface area contributed by atoms with Gasteiger partial charge in [0.05, 0.1) is 43.0 Å². The van der Waals surface area contributed by atoms with E-state index >= 15 is 0 Å². The van der Waals surface area contributed by atoms with Crippen molar-refractivity contribution in [3.8, 4) is 0 Å². The van der Waals surface area contributed by atoms with Crippen LogP contribution >= 0.6 is 0 Å². The number of para-hydroxylation sites is 1. The monoisotopic (exact) mass is 511 g/mol. The summed E-state index contributed by atoms with van der Waals surface area (Å²) >= 11 is 0. The zero-order chi connectivity index (χ0) is 25.7. The molecule has 0 atom stereocenters. The molecule has 1 heterocycles. The molecule has 1 saturated heterocycles. The highest BCUT2D eigenvalue weighted by atomic mass is 32.2. The molecule has 1 aliphatic rings. The summed E-state index contributed by atoms with van der Waals surface area (Å²) in [5.41, 5.74) is 2.04. The minimum Gasteiger partial charge on any atom is -0.378 e. The van der Waals surface area contributed by atoms with Crippen molar-refractivity contribution in [1.29, 1.82) is 0 Å². The molecule has 0 radical (unpaired) electrons. The Balaban J connectivity index is 1.51. The number of nitrogens with one attached hydrogen (secondary N) is 1. The molecule has 188 valence electrons. The molecule has 8 nitrogen and oxygen atoms in total. The van der Waals surface area contributed by atoms with Crippen LogP contribution in [0, 0.1) is 5.82 Å². The highest BCUT2D eigenvalue weighted by Crippen LogP contribution is 2.23. The highest BCUT2D eigenvalue weighted by Gasteiger charge is 2.22. The number of amides is 2. The Bertz CT molecular complexity index is 1340. The van der Waals surface area contributed by atoms with Gasteiger partial charge in [-0.25, -0.2) is 12.8 Å². The summed E-state index contributed by atoms with van der Waals surface area (Å²) in [5.74, 6) is -1.03. The normalized spacial score (nSPS) is 13.8. The largest absolute Gasteiger partial charge is 0.378 e. The van der Waals surface area contributed by atoms with Gasteiger partial charge in [-0.3, -0.25) is 13.9 Å². The van der Waals surface area contributed by atoms with Gasteiger partial charge in [-0.05, 0) is 54.1 Å². The number of anilines is 2. The lowest BCUT2D eigenvalue weighted by atomic mass is 10.1. The molecule has 4 rings (SSSR count). The van der Waals surface area contributed by atoms with Gasteiger partial charge < -0.3 is 15.0 Å². The van der Waals surface area contributed by atoms with Gasteiger partial charge in [0.1, 0.15) is 5.82 Å². The van der Waals surface area contributed by atoms with Crippen LogP contribution in [-0.2, 0) is 21.3 Å². The van der Waals surface area contributed by atoms with Crippen molar-refractivity contribution in [3.05, 3.63) is 95.3 Å². The quantitative estimate of drug-likeness (QED) is 0.524. The van der Waals surface area contributed by atoms with Crippen molar-refractivity contribution in [2.75, 3.05) is 42.2 Å². The number of hydrogen-bond donors (Lipinski definition) is 1. The summed E-state index contributed by atoms with van der Waals surface area (Å²) in [6, 6.07) is 18.5. The minimum atomic E-state index is -3.65. The summed E-state index contributed by atoms with van der Waals surface area (Å²) in [6.07, 6.45) is 1.08. The Kier molecular flexibility index (Phi) is 7.66. The Labute approximate surface area is 209 Å². The van der Waals surface area contributed by atoms with Crippen LogP contribution in [0.3, 0.4) is 0 Å². The zero-order valence-electron chi connectivity index (χ0n) is 19.7. The van der Waals surface area contributed by atoms with Crippen LogP contribution in [0.15, 0.2) is 72.8 Å².